The van der Waals surface area contributed by atoms with Crippen molar-refractivity contribution in [3.05, 3.63) is 35.4 Å². The molecule has 0 unspecified atom stereocenters. The van der Waals surface area contributed by atoms with Gasteiger partial charge in [-0.1, -0.05) is 0 Å². The number of hydrogen-bond acceptors (Lipinski definition) is 5. The minimum Gasteiger partial charge on any atom is -0.478 e. The predicted molar refractivity (Wildman–Crippen MR) is 55.5 cm³/mol. The fourth-order valence-corrected chi connectivity index (χ4v) is 1.19. The monoisotopic (exact) mass is 251 g/mol. The molecule has 0 saturated carbocycles. The van der Waals surface area contributed by atoms with Crippen LogP contribution in [0.2, 0.25) is 0 Å². The van der Waals surface area contributed by atoms with Crippen molar-refractivity contribution in [2.45, 2.75) is 0 Å². The minimum absolute atomic E-state index is 0.171. The van der Waals surface area contributed by atoms with Gasteiger partial charge >= 0.3 is 5.97 Å². The van der Waals surface area contributed by atoms with Gasteiger partial charge in [0.15, 0.2) is 0 Å². The first-order valence-electron chi connectivity index (χ1n) is 4.65. The van der Waals surface area contributed by atoms with E-state index in [4.69, 9.17) is 5.11 Å². The summed E-state index contributed by atoms with van der Waals surface area (Å²) in [5, 5.41) is 22.9. The van der Waals surface area contributed by atoms with Crippen LogP contribution in [0.5, 0.6) is 0 Å². The number of anilines is 1. The van der Waals surface area contributed by atoms with Gasteiger partial charge in [-0.25, -0.2) is 9.18 Å². The second kappa shape index (κ2) is 4.57. The second-order valence-corrected chi connectivity index (χ2v) is 3.19. The van der Waals surface area contributed by atoms with Gasteiger partial charge in [-0.2, -0.15) is 5.21 Å². The average molecular weight is 251 g/mol. The van der Waals surface area contributed by atoms with E-state index in [2.05, 4.69) is 25.9 Å². The average Bonchev–Trinajstić information content (AvgIpc) is 2.85. The number of carbonyl (C=O) groups excluding carboxylic acids is 1. The molecule has 0 radical (unpaired) electrons. The molecule has 0 spiro atoms. The lowest BCUT2D eigenvalue weighted by molar-refractivity contribution is 0.0696. The summed E-state index contributed by atoms with van der Waals surface area (Å²) in [6.45, 7) is 0. The maximum Gasteiger partial charge on any atom is 0.335 e. The molecule has 0 aliphatic carbocycles. The summed E-state index contributed by atoms with van der Waals surface area (Å²) >= 11 is 0. The van der Waals surface area contributed by atoms with Crippen LogP contribution in [0.4, 0.5) is 10.1 Å². The van der Waals surface area contributed by atoms with E-state index >= 15 is 0 Å². The van der Waals surface area contributed by atoms with E-state index in [0.29, 0.717) is 0 Å². The number of tetrazole rings is 1. The fourth-order valence-electron chi connectivity index (χ4n) is 1.19. The standard InChI is InChI=1S/C9H6FN5O3/c10-5-3-4(9(17)18)1-2-6(5)11-8(16)7-12-14-15-13-7/h1-3H,(H,11,16)(H,17,18)(H,12,13,14,15). The number of benzene rings is 1. The van der Waals surface area contributed by atoms with Gasteiger partial charge in [-0.15, -0.1) is 10.2 Å². The molecule has 1 aromatic heterocycles. The first-order valence-corrected chi connectivity index (χ1v) is 4.65. The van der Waals surface area contributed by atoms with Crippen LogP contribution >= 0.6 is 0 Å². The van der Waals surface area contributed by atoms with Crippen molar-refractivity contribution in [1.29, 1.82) is 0 Å². The molecule has 0 bridgehead atoms. The number of H-pyrrole nitrogens is 1. The number of aromatic amines is 1. The van der Waals surface area contributed by atoms with E-state index in [1.54, 1.807) is 0 Å². The van der Waals surface area contributed by atoms with Gasteiger partial charge in [0, 0.05) is 0 Å². The van der Waals surface area contributed by atoms with E-state index in [0.717, 1.165) is 18.2 Å². The Hall–Kier alpha value is -2.84. The van der Waals surface area contributed by atoms with Crippen molar-refractivity contribution in [2.75, 3.05) is 5.32 Å². The van der Waals surface area contributed by atoms with Crippen molar-refractivity contribution in [1.82, 2.24) is 20.6 Å². The highest BCUT2D eigenvalue weighted by atomic mass is 19.1. The Kier molecular flexibility index (Phi) is 2.96. The number of amides is 1. The van der Waals surface area contributed by atoms with Crippen LogP contribution in [0.1, 0.15) is 21.0 Å². The largest absolute Gasteiger partial charge is 0.478 e. The third-order valence-corrected chi connectivity index (χ3v) is 2.01. The molecule has 0 aliphatic heterocycles. The number of hydrogen-bond donors (Lipinski definition) is 3. The van der Waals surface area contributed by atoms with Crippen LogP contribution in [0, 0.1) is 5.82 Å². The Balaban J connectivity index is 2.20. The van der Waals surface area contributed by atoms with Crippen molar-refractivity contribution in [3.63, 3.8) is 0 Å². The molecular weight excluding hydrogens is 245 g/mol. The van der Waals surface area contributed by atoms with Crippen LogP contribution in [0.25, 0.3) is 0 Å². The lowest BCUT2D eigenvalue weighted by Gasteiger charge is -2.04. The van der Waals surface area contributed by atoms with Gasteiger partial charge < -0.3 is 10.4 Å². The van der Waals surface area contributed by atoms with Gasteiger partial charge in [0.1, 0.15) is 5.82 Å². The normalized spacial score (nSPS) is 10.1. The molecule has 0 aliphatic rings. The van der Waals surface area contributed by atoms with Gasteiger partial charge in [-0.3, -0.25) is 4.79 Å². The number of aromatic nitrogens is 4. The molecule has 3 N–H and O–H groups in total. The van der Waals surface area contributed by atoms with Crippen LogP contribution in [0.15, 0.2) is 18.2 Å². The van der Waals surface area contributed by atoms with Gasteiger partial charge in [0.25, 0.3) is 11.7 Å². The first-order chi connectivity index (χ1) is 8.58. The maximum atomic E-state index is 13.5. The highest BCUT2D eigenvalue weighted by Crippen LogP contribution is 2.16. The number of rotatable bonds is 3. The Morgan fingerprint density at radius 3 is 2.72 bits per heavy atom. The third kappa shape index (κ3) is 2.29. The molecule has 18 heavy (non-hydrogen) atoms. The zero-order valence-corrected chi connectivity index (χ0v) is 8.72. The number of carboxylic acids is 1. The maximum absolute atomic E-state index is 13.5. The quantitative estimate of drug-likeness (QED) is 0.720. The molecule has 2 aromatic rings. The minimum atomic E-state index is -1.26. The fraction of sp³-hybridized carbons (Fsp3) is 0. The molecule has 2 rings (SSSR count). The number of carboxylic acid groups (broad SMARTS) is 1. The lowest BCUT2D eigenvalue weighted by Crippen LogP contribution is -2.15. The van der Waals surface area contributed by atoms with Crippen molar-refractivity contribution >= 4 is 17.6 Å². The lowest BCUT2D eigenvalue weighted by atomic mass is 10.2. The number of carbonyl (C=O) groups is 2. The molecular formula is C9H6FN5O3. The summed E-state index contributed by atoms with van der Waals surface area (Å²) in [4.78, 5) is 22.1. The van der Waals surface area contributed by atoms with Crippen LogP contribution in [-0.4, -0.2) is 37.6 Å². The molecule has 0 atom stereocenters. The van der Waals surface area contributed by atoms with Crippen LogP contribution < -0.4 is 5.32 Å². The number of nitrogens with zero attached hydrogens (tertiary/aromatic N) is 3. The smallest absolute Gasteiger partial charge is 0.335 e. The Morgan fingerprint density at radius 2 is 2.17 bits per heavy atom. The molecule has 8 nitrogen and oxygen atoms in total. The summed E-state index contributed by atoms with van der Waals surface area (Å²) in [6.07, 6.45) is 0. The van der Waals surface area contributed by atoms with Gasteiger partial charge in [0.2, 0.25) is 0 Å². The summed E-state index contributed by atoms with van der Waals surface area (Å²) in [7, 11) is 0. The summed E-state index contributed by atoms with van der Waals surface area (Å²) < 4.78 is 13.5. The summed E-state index contributed by atoms with van der Waals surface area (Å²) in [5.74, 6) is -3.14. The summed E-state index contributed by atoms with van der Waals surface area (Å²) in [6, 6.07) is 3.10. The summed E-state index contributed by atoms with van der Waals surface area (Å²) in [5.41, 5.74) is -0.389. The van der Waals surface area contributed by atoms with E-state index in [9.17, 15) is 14.0 Å². The number of aromatic carboxylic acids is 1. The van der Waals surface area contributed by atoms with E-state index < -0.39 is 17.7 Å². The highest BCUT2D eigenvalue weighted by molar-refractivity contribution is 6.01. The topological polar surface area (TPSA) is 121 Å². The molecule has 0 saturated heterocycles. The molecule has 0 fully saturated rings. The Bertz CT molecular complexity index is 598. The Labute approximate surface area is 98.8 Å². The molecule has 1 amide bonds. The Morgan fingerprint density at radius 1 is 1.39 bits per heavy atom. The number of nitrogens with one attached hydrogen (secondary N) is 2. The third-order valence-electron chi connectivity index (χ3n) is 2.01. The van der Waals surface area contributed by atoms with Crippen molar-refractivity contribution < 1.29 is 19.1 Å². The van der Waals surface area contributed by atoms with Gasteiger partial charge in [-0.05, 0) is 23.4 Å². The predicted octanol–water partition coefficient (Wildman–Crippen LogP) is 0.289. The van der Waals surface area contributed by atoms with E-state index in [-0.39, 0.29) is 17.1 Å². The number of halogens is 1. The molecule has 1 heterocycles. The van der Waals surface area contributed by atoms with Crippen LogP contribution in [0.3, 0.4) is 0 Å². The zero-order chi connectivity index (χ0) is 13.1. The molecule has 92 valence electrons. The zero-order valence-electron chi connectivity index (χ0n) is 8.72. The van der Waals surface area contributed by atoms with Gasteiger partial charge in [0.05, 0.1) is 11.3 Å². The SMILES string of the molecule is O=C(O)c1ccc(NC(=O)c2nn[nH]n2)c(F)c1. The van der Waals surface area contributed by atoms with E-state index in [1.807, 2.05) is 0 Å². The molecule has 1 aromatic carbocycles. The second-order valence-electron chi connectivity index (χ2n) is 3.19. The van der Waals surface area contributed by atoms with Crippen molar-refractivity contribution in [3.8, 4) is 0 Å². The van der Waals surface area contributed by atoms with Crippen LogP contribution in [-0.2, 0) is 0 Å². The highest BCUT2D eigenvalue weighted by Gasteiger charge is 2.14. The molecule has 9 heteroatoms. The first kappa shape index (κ1) is 11.6. The van der Waals surface area contributed by atoms with Crippen molar-refractivity contribution in [2.24, 2.45) is 0 Å². The van der Waals surface area contributed by atoms with E-state index in [1.165, 1.54) is 0 Å².